The Kier molecular flexibility index (Phi) is 2.41. The molecule has 1 aromatic carbocycles. The Bertz CT molecular complexity index is 386. The third-order valence-electron chi connectivity index (χ3n) is 3.36. The van der Waals surface area contributed by atoms with Gasteiger partial charge in [0.2, 0.25) is 0 Å². The molecule has 0 aromatic heterocycles. The van der Waals surface area contributed by atoms with Crippen molar-refractivity contribution in [2.24, 2.45) is 5.41 Å². The number of carbonyl (C=O) groups is 1. The van der Waals surface area contributed by atoms with Crippen molar-refractivity contribution in [2.45, 2.75) is 39.5 Å². The molecular formula is C14H18O. The van der Waals surface area contributed by atoms with E-state index in [9.17, 15) is 4.79 Å². The van der Waals surface area contributed by atoms with Crippen LogP contribution in [0.15, 0.2) is 24.3 Å². The van der Waals surface area contributed by atoms with Crippen molar-refractivity contribution in [2.75, 3.05) is 0 Å². The van der Waals surface area contributed by atoms with E-state index in [2.05, 4.69) is 32.9 Å². The predicted molar refractivity (Wildman–Crippen MR) is 62.2 cm³/mol. The van der Waals surface area contributed by atoms with E-state index >= 15 is 0 Å². The van der Waals surface area contributed by atoms with Crippen molar-refractivity contribution in [3.05, 3.63) is 35.4 Å². The van der Waals surface area contributed by atoms with Gasteiger partial charge in [-0.05, 0) is 30.4 Å². The molecule has 0 radical (unpaired) electrons. The summed E-state index contributed by atoms with van der Waals surface area (Å²) in [4.78, 5) is 12.1. The van der Waals surface area contributed by atoms with Crippen molar-refractivity contribution < 1.29 is 4.79 Å². The highest BCUT2D eigenvalue weighted by atomic mass is 16.1. The van der Waals surface area contributed by atoms with Gasteiger partial charge < -0.3 is 0 Å². The molecule has 2 rings (SSSR count). The molecule has 0 heterocycles. The van der Waals surface area contributed by atoms with Crippen molar-refractivity contribution in [1.82, 2.24) is 0 Å². The van der Waals surface area contributed by atoms with Crippen LogP contribution in [-0.4, -0.2) is 5.78 Å². The molecule has 0 atom stereocenters. The first-order chi connectivity index (χ1) is 7.03. The van der Waals surface area contributed by atoms with Crippen molar-refractivity contribution in [3.63, 3.8) is 0 Å². The van der Waals surface area contributed by atoms with Crippen LogP contribution in [-0.2, 0) is 0 Å². The zero-order valence-electron chi connectivity index (χ0n) is 9.71. The molecular weight excluding hydrogens is 184 g/mol. The molecule has 1 aromatic rings. The molecule has 1 fully saturated rings. The van der Waals surface area contributed by atoms with Crippen LogP contribution in [0.1, 0.15) is 55.5 Å². The number of carbonyl (C=O) groups excluding carboxylic acids is 1. The van der Waals surface area contributed by atoms with Gasteiger partial charge in [0.1, 0.15) is 0 Å². The van der Waals surface area contributed by atoms with Crippen LogP contribution in [0.25, 0.3) is 0 Å². The summed E-state index contributed by atoms with van der Waals surface area (Å²) in [6.07, 6.45) is 2.11. The van der Waals surface area contributed by atoms with E-state index in [0.29, 0.717) is 11.7 Å². The Morgan fingerprint density at radius 1 is 1.33 bits per heavy atom. The summed E-state index contributed by atoms with van der Waals surface area (Å²) in [7, 11) is 0. The number of benzene rings is 1. The maximum Gasteiger partial charge on any atom is 0.168 e. The summed E-state index contributed by atoms with van der Waals surface area (Å²) < 4.78 is 0. The third kappa shape index (κ3) is 1.97. The molecule has 0 amide bonds. The Hall–Kier alpha value is -1.11. The predicted octanol–water partition coefficient (Wildman–Crippen LogP) is 3.79. The van der Waals surface area contributed by atoms with Gasteiger partial charge in [-0.1, -0.05) is 39.0 Å². The lowest BCUT2D eigenvalue weighted by atomic mass is 9.93. The topological polar surface area (TPSA) is 17.1 Å². The fourth-order valence-corrected chi connectivity index (χ4v) is 1.80. The number of rotatable bonds is 3. The smallest absolute Gasteiger partial charge is 0.168 e. The van der Waals surface area contributed by atoms with Crippen LogP contribution in [0.2, 0.25) is 0 Å². The highest BCUT2D eigenvalue weighted by Crippen LogP contribution is 2.47. The van der Waals surface area contributed by atoms with Gasteiger partial charge in [0.05, 0.1) is 0 Å². The fraction of sp³-hybridized carbons (Fsp3) is 0.500. The summed E-state index contributed by atoms with van der Waals surface area (Å²) in [6.45, 7) is 6.38. The molecule has 1 saturated carbocycles. The van der Waals surface area contributed by atoms with Gasteiger partial charge in [0, 0.05) is 11.0 Å². The van der Waals surface area contributed by atoms with E-state index in [4.69, 9.17) is 0 Å². The van der Waals surface area contributed by atoms with E-state index in [0.717, 1.165) is 18.4 Å². The quantitative estimate of drug-likeness (QED) is 0.681. The van der Waals surface area contributed by atoms with E-state index in [1.54, 1.807) is 0 Å². The SMILES string of the molecule is CC(C)c1cccc(C(=O)C2(C)CC2)c1. The van der Waals surface area contributed by atoms with Gasteiger partial charge in [-0.2, -0.15) is 0 Å². The Labute approximate surface area is 91.5 Å². The highest BCUT2D eigenvalue weighted by molar-refractivity contribution is 6.02. The van der Waals surface area contributed by atoms with Crippen molar-refractivity contribution >= 4 is 5.78 Å². The Balaban J connectivity index is 2.29. The van der Waals surface area contributed by atoms with Gasteiger partial charge in [0.25, 0.3) is 0 Å². The number of ketones is 1. The lowest BCUT2D eigenvalue weighted by Gasteiger charge is -2.10. The highest BCUT2D eigenvalue weighted by Gasteiger charge is 2.44. The van der Waals surface area contributed by atoms with Crippen molar-refractivity contribution in [3.8, 4) is 0 Å². The summed E-state index contributed by atoms with van der Waals surface area (Å²) >= 11 is 0. The molecule has 0 bridgehead atoms. The van der Waals surface area contributed by atoms with Crippen LogP contribution in [0.5, 0.6) is 0 Å². The molecule has 0 spiro atoms. The monoisotopic (exact) mass is 202 g/mol. The Morgan fingerprint density at radius 2 is 2.00 bits per heavy atom. The summed E-state index contributed by atoms with van der Waals surface area (Å²) in [5.41, 5.74) is 2.10. The van der Waals surface area contributed by atoms with Crippen LogP contribution in [0, 0.1) is 5.41 Å². The molecule has 1 nitrogen and oxygen atoms in total. The molecule has 0 aliphatic heterocycles. The average molecular weight is 202 g/mol. The minimum absolute atomic E-state index is 0.0460. The summed E-state index contributed by atoms with van der Waals surface area (Å²) in [5, 5.41) is 0. The second kappa shape index (κ2) is 3.48. The second-order valence-corrected chi connectivity index (χ2v) is 5.17. The molecule has 1 aliphatic carbocycles. The van der Waals surface area contributed by atoms with Crippen LogP contribution < -0.4 is 0 Å². The first kappa shape index (κ1) is 10.4. The molecule has 15 heavy (non-hydrogen) atoms. The maximum atomic E-state index is 12.1. The van der Waals surface area contributed by atoms with Crippen molar-refractivity contribution in [1.29, 1.82) is 0 Å². The van der Waals surface area contributed by atoms with Crippen LogP contribution in [0.3, 0.4) is 0 Å². The summed E-state index contributed by atoms with van der Waals surface area (Å²) in [5.74, 6) is 0.815. The number of hydrogen-bond donors (Lipinski definition) is 0. The number of Topliss-reactive ketones (excluding diaryl/α,β-unsaturated/α-hetero) is 1. The first-order valence-electron chi connectivity index (χ1n) is 5.68. The standard InChI is InChI=1S/C14H18O/c1-10(2)11-5-4-6-12(9-11)13(15)14(3)7-8-14/h4-6,9-10H,7-8H2,1-3H3. The fourth-order valence-electron chi connectivity index (χ4n) is 1.80. The van der Waals surface area contributed by atoms with E-state index < -0.39 is 0 Å². The largest absolute Gasteiger partial charge is 0.294 e. The molecule has 1 heteroatoms. The Morgan fingerprint density at radius 3 is 2.53 bits per heavy atom. The minimum atomic E-state index is -0.0460. The molecule has 1 aliphatic rings. The van der Waals surface area contributed by atoms with Gasteiger partial charge in [-0.25, -0.2) is 0 Å². The zero-order valence-corrected chi connectivity index (χ0v) is 9.71. The lowest BCUT2D eigenvalue weighted by molar-refractivity contribution is 0.0912. The average Bonchev–Trinajstić information content (AvgIpc) is 2.97. The normalized spacial score (nSPS) is 17.9. The van der Waals surface area contributed by atoms with Gasteiger partial charge in [-0.15, -0.1) is 0 Å². The lowest BCUT2D eigenvalue weighted by Crippen LogP contribution is -2.12. The van der Waals surface area contributed by atoms with E-state index in [-0.39, 0.29) is 5.41 Å². The van der Waals surface area contributed by atoms with Gasteiger partial charge >= 0.3 is 0 Å². The van der Waals surface area contributed by atoms with Crippen LogP contribution >= 0.6 is 0 Å². The first-order valence-corrected chi connectivity index (χ1v) is 5.68. The van der Waals surface area contributed by atoms with E-state index in [1.165, 1.54) is 5.56 Å². The van der Waals surface area contributed by atoms with Gasteiger partial charge in [-0.3, -0.25) is 4.79 Å². The number of hydrogen-bond acceptors (Lipinski definition) is 1. The zero-order chi connectivity index (χ0) is 11.1. The van der Waals surface area contributed by atoms with E-state index in [1.807, 2.05) is 12.1 Å². The summed E-state index contributed by atoms with van der Waals surface area (Å²) in [6, 6.07) is 8.08. The van der Waals surface area contributed by atoms with Crippen LogP contribution in [0.4, 0.5) is 0 Å². The molecule has 80 valence electrons. The molecule has 0 N–H and O–H groups in total. The molecule has 0 unspecified atom stereocenters. The third-order valence-corrected chi connectivity index (χ3v) is 3.36. The maximum absolute atomic E-state index is 12.1. The minimum Gasteiger partial charge on any atom is -0.294 e. The van der Waals surface area contributed by atoms with Gasteiger partial charge in [0.15, 0.2) is 5.78 Å². The second-order valence-electron chi connectivity index (χ2n) is 5.17. The molecule has 0 saturated heterocycles.